The van der Waals surface area contributed by atoms with Crippen molar-refractivity contribution < 1.29 is 14.6 Å². The Labute approximate surface area is 126 Å². The Morgan fingerprint density at radius 3 is 2.86 bits per heavy atom. The Bertz CT molecular complexity index is 438. The van der Waals surface area contributed by atoms with Gasteiger partial charge in [-0.25, -0.2) is 0 Å². The van der Waals surface area contributed by atoms with Crippen molar-refractivity contribution in [2.75, 3.05) is 39.4 Å². The minimum Gasteiger partial charge on any atom is -0.395 e. The van der Waals surface area contributed by atoms with E-state index in [1.54, 1.807) is 0 Å². The first kappa shape index (κ1) is 15.9. The van der Waals surface area contributed by atoms with Gasteiger partial charge in [0.15, 0.2) is 0 Å². The highest BCUT2D eigenvalue weighted by atomic mass is 16.5. The molecule has 1 amide bonds. The van der Waals surface area contributed by atoms with Crippen molar-refractivity contribution in [2.45, 2.75) is 19.6 Å². The number of morpholine rings is 1. The summed E-state index contributed by atoms with van der Waals surface area (Å²) < 4.78 is 5.46. The topological polar surface area (TPSA) is 53.0 Å². The highest BCUT2D eigenvalue weighted by Crippen LogP contribution is 2.08. The number of nitrogens with zero attached hydrogens (tertiary/aromatic N) is 2. The van der Waals surface area contributed by atoms with Crippen LogP contribution in [0.1, 0.15) is 12.5 Å². The van der Waals surface area contributed by atoms with E-state index < -0.39 is 0 Å². The Morgan fingerprint density at radius 2 is 2.19 bits per heavy atom. The summed E-state index contributed by atoms with van der Waals surface area (Å²) >= 11 is 0. The first-order valence-electron chi connectivity index (χ1n) is 7.45. The molecule has 116 valence electrons. The molecule has 2 rings (SSSR count). The predicted octanol–water partition coefficient (Wildman–Crippen LogP) is 0.728. The lowest BCUT2D eigenvalue weighted by Gasteiger charge is -2.33. The predicted molar refractivity (Wildman–Crippen MR) is 80.8 cm³/mol. The summed E-state index contributed by atoms with van der Waals surface area (Å²) in [5, 5.41) is 9.19. The van der Waals surface area contributed by atoms with Crippen LogP contribution < -0.4 is 0 Å². The molecule has 0 radical (unpaired) electrons. The first-order valence-corrected chi connectivity index (χ1v) is 7.45. The molecule has 1 aromatic carbocycles. The lowest BCUT2D eigenvalue weighted by molar-refractivity contribution is -0.139. The Morgan fingerprint density at radius 1 is 1.43 bits per heavy atom. The van der Waals surface area contributed by atoms with E-state index in [1.165, 1.54) is 0 Å². The zero-order valence-electron chi connectivity index (χ0n) is 12.6. The lowest BCUT2D eigenvalue weighted by Crippen LogP contribution is -2.48. The SMILES string of the molecule is C[C@@H]1CN(C(=O)CN(CCO)Cc2ccccc2)CCO1. The fourth-order valence-electron chi connectivity index (χ4n) is 2.53. The van der Waals surface area contributed by atoms with Crippen molar-refractivity contribution in [2.24, 2.45) is 0 Å². The van der Waals surface area contributed by atoms with Crippen LogP contribution in [0.3, 0.4) is 0 Å². The van der Waals surface area contributed by atoms with E-state index in [1.807, 2.05) is 47.1 Å². The van der Waals surface area contributed by atoms with Gasteiger partial charge in [-0.1, -0.05) is 30.3 Å². The van der Waals surface area contributed by atoms with E-state index in [0.717, 1.165) is 5.56 Å². The second kappa shape index (κ2) is 8.12. The summed E-state index contributed by atoms with van der Waals surface area (Å²) in [6.45, 7) is 5.45. The molecule has 0 spiro atoms. The van der Waals surface area contributed by atoms with Crippen LogP contribution in [0.2, 0.25) is 0 Å². The summed E-state index contributed by atoms with van der Waals surface area (Å²) in [6.07, 6.45) is 0.100. The number of carbonyl (C=O) groups excluding carboxylic acids is 1. The van der Waals surface area contributed by atoms with Crippen molar-refractivity contribution in [1.82, 2.24) is 9.80 Å². The summed E-state index contributed by atoms with van der Waals surface area (Å²) in [5.41, 5.74) is 1.15. The zero-order chi connectivity index (χ0) is 15.1. The number of amides is 1. The van der Waals surface area contributed by atoms with Gasteiger partial charge in [0.25, 0.3) is 0 Å². The van der Waals surface area contributed by atoms with Crippen LogP contribution in [0.5, 0.6) is 0 Å². The minimum atomic E-state index is 0.0552. The molecule has 0 aliphatic carbocycles. The van der Waals surface area contributed by atoms with E-state index in [4.69, 9.17) is 4.74 Å². The maximum Gasteiger partial charge on any atom is 0.236 e. The van der Waals surface area contributed by atoms with Crippen molar-refractivity contribution in [1.29, 1.82) is 0 Å². The van der Waals surface area contributed by atoms with Crippen molar-refractivity contribution in [3.63, 3.8) is 0 Å². The Hall–Kier alpha value is -1.43. The average Bonchev–Trinajstić information content (AvgIpc) is 2.48. The van der Waals surface area contributed by atoms with E-state index in [9.17, 15) is 9.90 Å². The molecule has 1 N–H and O–H groups in total. The summed E-state index contributed by atoms with van der Waals surface area (Å²) in [4.78, 5) is 16.2. The van der Waals surface area contributed by atoms with Crippen LogP contribution in [-0.2, 0) is 16.1 Å². The molecule has 1 heterocycles. The first-order chi connectivity index (χ1) is 10.2. The number of carbonyl (C=O) groups is 1. The molecule has 0 saturated carbocycles. The third-order valence-electron chi connectivity index (χ3n) is 3.62. The van der Waals surface area contributed by atoms with Crippen LogP contribution >= 0.6 is 0 Å². The largest absolute Gasteiger partial charge is 0.395 e. The third kappa shape index (κ3) is 5.12. The molecule has 0 aromatic heterocycles. The fourth-order valence-corrected chi connectivity index (χ4v) is 2.53. The van der Waals surface area contributed by atoms with Gasteiger partial charge in [0.2, 0.25) is 5.91 Å². The van der Waals surface area contributed by atoms with Crippen molar-refractivity contribution in [3.8, 4) is 0 Å². The van der Waals surface area contributed by atoms with Crippen LogP contribution in [0.15, 0.2) is 30.3 Å². The molecule has 5 heteroatoms. The normalized spacial score (nSPS) is 19.0. The maximum absolute atomic E-state index is 12.4. The molecule has 21 heavy (non-hydrogen) atoms. The monoisotopic (exact) mass is 292 g/mol. The van der Waals surface area contributed by atoms with Gasteiger partial charge in [0, 0.05) is 26.2 Å². The molecule has 1 atom stereocenters. The number of rotatable bonds is 6. The smallest absolute Gasteiger partial charge is 0.236 e. The van der Waals surface area contributed by atoms with Crippen LogP contribution in [0.4, 0.5) is 0 Å². The number of aliphatic hydroxyl groups is 1. The quantitative estimate of drug-likeness (QED) is 0.840. The number of ether oxygens (including phenoxy) is 1. The molecule has 1 aliphatic heterocycles. The third-order valence-corrected chi connectivity index (χ3v) is 3.62. The van der Waals surface area contributed by atoms with Gasteiger partial charge < -0.3 is 14.7 Å². The number of hydrogen-bond acceptors (Lipinski definition) is 4. The van der Waals surface area contributed by atoms with Gasteiger partial charge in [0.05, 0.1) is 25.9 Å². The highest BCUT2D eigenvalue weighted by molar-refractivity contribution is 5.78. The molecule has 1 aromatic rings. The molecule has 5 nitrogen and oxygen atoms in total. The molecular weight excluding hydrogens is 268 g/mol. The molecule has 0 unspecified atom stereocenters. The Kier molecular flexibility index (Phi) is 6.17. The lowest BCUT2D eigenvalue weighted by atomic mass is 10.2. The molecule has 1 aliphatic rings. The number of benzene rings is 1. The maximum atomic E-state index is 12.4. The van der Waals surface area contributed by atoms with Gasteiger partial charge in [-0.3, -0.25) is 9.69 Å². The van der Waals surface area contributed by atoms with Gasteiger partial charge in [-0.05, 0) is 12.5 Å². The van der Waals surface area contributed by atoms with E-state index in [-0.39, 0.29) is 18.6 Å². The van der Waals surface area contributed by atoms with Crippen molar-refractivity contribution in [3.05, 3.63) is 35.9 Å². The highest BCUT2D eigenvalue weighted by Gasteiger charge is 2.22. The zero-order valence-corrected chi connectivity index (χ0v) is 12.6. The van der Waals surface area contributed by atoms with Gasteiger partial charge in [-0.2, -0.15) is 0 Å². The van der Waals surface area contributed by atoms with Crippen LogP contribution in [0.25, 0.3) is 0 Å². The van der Waals surface area contributed by atoms with E-state index in [2.05, 4.69) is 0 Å². The molecule has 1 fully saturated rings. The summed E-state index contributed by atoms with van der Waals surface area (Å²) in [5.74, 6) is 0.106. The van der Waals surface area contributed by atoms with Gasteiger partial charge in [-0.15, -0.1) is 0 Å². The number of hydrogen-bond donors (Lipinski definition) is 1. The minimum absolute atomic E-state index is 0.0552. The van der Waals surface area contributed by atoms with Crippen LogP contribution in [-0.4, -0.2) is 66.3 Å². The average molecular weight is 292 g/mol. The van der Waals surface area contributed by atoms with Crippen molar-refractivity contribution >= 4 is 5.91 Å². The van der Waals surface area contributed by atoms with Crippen LogP contribution in [0, 0.1) is 0 Å². The van der Waals surface area contributed by atoms with E-state index >= 15 is 0 Å². The number of aliphatic hydroxyl groups excluding tert-OH is 1. The Balaban J connectivity index is 1.90. The molecular formula is C16H24N2O3. The second-order valence-electron chi connectivity index (χ2n) is 5.44. The van der Waals surface area contributed by atoms with Gasteiger partial charge >= 0.3 is 0 Å². The molecule has 0 bridgehead atoms. The standard InChI is InChI=1S/C16H24N2O3/c1-14-11-18(8-10-21-14)16(20)13-17(7-9-19)12-15-5-3-2-4-6-15/h2-6,14,19H,7-13H2,1H3/t14-/m1/s1. The molecule has 1 saturated heterocycles. The van der Waals surface area contributed by atoms with E-state index in [0.29, 0.717) is 39.3 Å². The van der Waals surface area contributed by atoms with Gasteiger partial charge in [0.1, 0.15) is 0 Å². The second-order valence-corrected chi connectivity index (χ2v) is 5.44. The fraction of sp³-hybridized carbons (Fsp3) is 0.562. The summed E-state index contributed by atoms with van der Waals surface area (Å²) in [6, 6.07) is 10.0. The summed E-state index contributed by atoms with van der Waals surface area (Å²) in [7, 11) is 0.